The number of thiazole rings is 1. The topological polar surface area (TPSA) is 52.1 Å². The molecule has 0 saturated heterocycles. The Balaban J connectivity index is 1.62. The summed E-state index contributed by atoms with van der Waals surface area (Å²) < 4.78 is 5.48. The van der Waals surface area contributed by atoms with E-state index in [4.69, 9.17) is 4.74 Å². The van der Waals surface area contributed by atoms with E-state index in [2.05, 4.69) is 9.97 Å². The van der Waals surface area contributed by atoms with Crippen molar-refractivity contribution < 1.29 is 9.53 Å². The maximum absolute atomic E-state index is 11.9. The van der Waals surface area contributed by atoms with Gasteiger partial charge in [-0.2, -0.15) is 0 Å². The van der Waals surface area contributed by atoms with Crippen LogP contribution in [0.4, 0.5) is 0 Å². The Morgan fingerprint density at radius 1 is 1.32 bits per heavy atom. The van der Waals surface area contributed by atoms with Gasteiger partial charge in [0.15, 0.2) is 0 Å². The first-order chi connectivity index (χ1) is 10.7. The molecule has 1 aromatic carbocycles. The molecular weight excluding hydrogens is 296 g/mol. The largest absolute Gasteiger partial charge is 0.458 e. The lowest BCUT2D eigenvalue weighted by Crippen LogP contribution is -2.10. The quantitative estimate of drug-likeness (QED) is 0.670. The molecule has 0 N–H and O–H groups in total. The van der Waals surface area contributed by atoms with Crippen LogP contribution in [0.3, 0.4) is 0 Å². The van der Waals surface area contributed by atoms with Crippen LogP contribution in [0.25, 0.3) is 10.9 Å². The molecule has 3 rings (SSSR count). The van der Waals surface area contributed by atoms with E-state index in [0.717, 1.165) is 22.2 Å². The number of para-hydroxylation sites is 1. The number of esters is 1. The maximum Gasteiger partial charge on any atom is 0.306 e. The van der Waals surface area contributed by atoms with Gasteiger partial charge in [0.2, 0.25) is 0 Å². The lowest BCUT2D eigenvalue weighted by molar-refractivity contribution is -0.148. The summed E-state index contributed by atoms with van der Waals surface area (Å²) in [5.41, 5.74) is 4.54. The molecule has 112 valence electrons. The highest BCUT2D eigenvalue weighted by Gasteiger charge is 2.13. The number of ether oxygens (including phenoxy) is 1. The fourth-order valence-corrected chi connectivity index (χ4v) is 2.82. The number of fused-ring (bicyclic) bond motifs is 1. The number of aromatic nitrogens is 2. The van der Waals surface area contributed by atoms with Crippen molar-refractivity contribution >= 4 is 28.2 Å². The maximum atomic E-state index is 11.9. The third kappa shape index (κ3) is 3.49. The molecule has 4 nitrogen and oxygen atoms in total. The van der Waals surface area contributed by atoms with E-state index in [-0.39, 0.29) is 12.1 Å². The zero-order chi connectivity index (χ0) is 15.4. The number of hydrogen-bond acceptors (Lipinski definition) is 5. The summed E-state index contributed by atoms with van der Waals surface area (Å²) in [6, 6.07) is 9.90. The smallest absolute Gasteiger partial charge is 0.306 e. The highest BCUT2D eigenvalue weighted by molar-refractivity contribution is 7.07. The van der Waals surface area contributed by atoms with E-state index in [9.17, 15) is 4.79 Å². The fourth-order valence-electron chi connectivity index (χ4n) is 2.23. The van der Waals surface area contributed by atoms with Crippen LogP contribution in [0.5, 0.6) is 0 Å². The number of carbonyl (C=O) groups excluding carboxylic acids is 1. The molecule has 1 unspecified atom stereocenters. The van der Waals surface area contributed by atoms with Crippen LogP contribution in [0.2, 0.25) is 0 Å². The van der Waals surface area contributed by atoms with Gasteiger partial charge in [-0.25, -0.2) is 4.98 Å². The Morgan fingerprint density at radius 3 is 3.00 bits per heavy atom. The van der Waals surface area contributed by atoms with E-state index in [1.54, 1.807) is 11.7 Å². The van der Waals surface area contributed by atoms with Crippen LogP contribution in [-0.2, 0) is 16.0 Å². The predicted octanol–water partition coefficient (Wildman–Crippen LogP) is 3.93. The summed E-state index contributed by atoms with van der Waals surface area (Å²) in [6.45, 7) is 1.87. The van der Waals surface area contributed by atoms with Crippen molar-refractivity contribution in [1.29, 1.82) is 0 Å². The van der Waals surface area contributed by atoms with Gasteiger partial charge in [0.25, 0.3) is 0 Å². The highest BCUT2D eigenvalue weighted by atomic mass is 32.1. The van der Waals surface area contributed by atoms with Crippen molar-refractivity contribution in [2.45, 2.75) is 25.9 Å². The van der Waals surface area contributed by atoms with Crippen LogP contribution in [0, 0.1) is 0 Å². The summed E-state index contributed by atoms with van der Waals surface area (Å²) >= 11 is 1.53. The predicted molar refractivity (Wildman–Crippen MR) is 86.7 cm³/mol. The number of carbonyl (C=O) groups is 1. The first-order valence-electron chi connectivity index (χ1n) is 7.13. The Kier molecular flexibility index (Phi) is 4.44. The van der Waals surface area contributed by atoms with Gasteiger partial charge >= 0.3 is 5.97 Å². The molecule has 0 amide bonds. The number of pyridine rings is 1. The van der Waals surface area contributed by atoms with Crippen LogP contribution < -0.4 is 0 Å². The van der Waals surface area contributed by atoms with Gasteiger partial charge in [0.05, 0.1) is 23.1 Å². The summed E-state index contributed by atoms with van der Waals surface area (Å²) in [5, 5.41) is 3.00. The molecule has 0 saturated carbocycles. The zero-order valence-electron chi connectivity index (χ0n) is 12.2. The minimum Gasteiger partial charge on any atom is -0.458 e. The molecule has 5 heteroatoms. The minimum atomic E-state index is -0.306. The highest BCUT2D eigenvalue weighted by Crippen LogP contribution is 2.21. The monoisotopic (exact) mass is 312 g/mol. The molecule has 0 radical (unpaired) electrons. The van der Waals surface area contributed by atoms with E-state index >= 15 is 0 Å². The van der Waals surface area contributed by atoms with Crippen LogP contribution in [0.1, 0.15) is 30.7 Å². The molecular formula is C17H16N2O2S. The van der Waals surface area contributed by atoms with Gasteiger partial charge < -0.3 is 4.74 Å². The second kappa shape index (κ2) is 6.66. The number of hydrogen-bond donors (Lipinski definition) is 0. The molecule has 22 heavy (non-hydrogen) atoms. The molecule has 0 bridgehead atoms. The van der Waals surface area contributed by atoms with E-state index in [1.807, 2.05) is 42.6 Å². The minimum absolute atomic E-state index is 0.214. The molecule has 2 aromatic heterocycles. The average Bonchev–Trinajstić information content (AvgIpc) is 3.06. The van der Waals surface area contributed by atoms with Crippen LogP contribution in [-0.4, -0.2) is 15.9 Å². The van der Waals surface area contributed by atoms with Gasteiger partial charge in [0, 0.05) is 28.9 Å². The van der Waals surface area contributed by atoms with E-state index in [0.29, 0.717) is 12.8 Å². The molecule has 0 aliphatic heterocycles. The zero-order valence-corrected chi connectivity index (χ0v) is 13.0. The third-order valence-corrected chi connectivity index (χ3v) is 4.09. The number of benzene rings is 1. The molecule has 0 aliphatic rings. The van der Waals surface area contributed by atoms with Crippen molar-refractivity contribution in [1.82, 2.24) is 9.97 Å². The molecule has 0 aliphatic carbocycles. The van der Waals surface area contributed by atoms with Crippen molar-refractivity contribution in [2.75, 3.05) is 0 Å². The summed E-state index contributed by atoms with van der Waals surface area (Å²) in [7, 11) is 0. The van der Waals surface area contributed by atoms with Crippen molar-refractivity contribution in [3.05, 3.63) is 58.7 Å². The number of aryl methyl sites for hydroxylation is 1. The molecule has 0 spiro atoms. The standard InChI is InChI=1S/C17H16N2O2S/c1-12(21-17(20)7-6-15-10-22-11-19-15)14-8-13-4-2-3-5-16(13)18-9-14/h2-5,8-12H,6-7H2,1H3. The van der Waals surface area contributed by atoms with Crippen LogP contribution >= 0.6 is 11.3 Å². The lowest BCUT2D eigenvalue weighted by atomic mass is 10.1. The molecule has 0 fully saturated rings. The van der Waals surface area contributed by atoms with Gasteiger partial charge in [0.1, 0.15) is 6.10 Å². The number of nitrogens with zero attached hydrogens (tertiary/aromatic N) is 2. The van der Waals surface area contributed by atoms with Crippen LogP contribution in [0.15, 0.2) is 47.4 Å². The Bertz CT molecular complexity index is 771. The third-order valence-electron chi connectivity index (χ3n) is 3.46. The molecule has 3 aromatic rings. The van der Waals surface area contributed by atoms with E-state index < -0.39 is 0 Å². The average molecular weight is 312 g/mol. The van der Waals surface area contributed by atoms with Crippen molar-refractivity contribution in [3.8, 4) is 0 Å². The van der Waals surface area contributed by atoms with Gasteiger partial charge in [-0.15, -0.1) is 11.3 Å². The second-order valence-electron chi connectivity index (χ2n) is 5.07. The van der Waals surface area contributed by atoms with Gasteiger partial charge in [-0.3, -0.25) is 9.78 Å². The SMILES string of the molecule is CC(OC(=O)CCc1cscn1)c1cnc2ccccc2c1. The fraction of sp³-hybridized carbons (Fsp3) is 0.235. The van der Waals surface area contributed by atoms with Gasteiger partial charge in [-0.1, -0.05) is 18.2 Å². The Labute approximate surface area is 132 Å². The molecule has 1 atom stereocenters. The van der Waals surface area contributed by atoms with Gasteiger partial charge in [-0.05, 0) is 19.1 Å². The van der Waals surface area contributed by atoms with Crippen molar-refractivity contribution in [2.24, 2.45) is 0 Å². The normalized spacial score (nSPS) is 12.2. The lowest BCUT2D eigenvalue weighted by Gasteiger charge is -2.13. The molecule has 2 heterocycles. The van der Waals surface area contributed by atoms with E-state index in [1.165, 1.54) is 11.3 Å². The summed E-state index contributed by atoms with van der Waals surface area (Å²) in [6.07, 6.45) is 2.42. The second-order valence-corrected chi connectivity index (χ2v) is 5.79. The summed E-state index contributed by atoms with van der Waals surface area (Å²) in [4.78, 5) is 20.5. The Morgan fingerprint density at radius 2 is 2.18 bits per heavy atom. The van der Waals surface area contributed by atoms with Crippen molar-refractivity contribution in [3.63, 3.8) is 0 Å². The first-order valence-corrected chi connectivity index (χ1v) is 8.08. The first kappa shape index (κ1) is 14.7. The number of rotatable bonds is 5. The summed E-state index contributed by atoms with van der Waals surface area (Å²) in [5.74, 6) is -0.214. The Hall–Kier alpha value is -2.27.